The van der Waals surface area contributed by atoms with Crippen LogP contribution in [0, 0.1) is 5.92 Å². The van der Waals surface area contributed by atoms with Crippen LogP contribution in [-0.4, -0.2) is 15.6 Å². The molecule has 21 heavy (non-hydrogen) atoms. The van der Waals surface area contributed by atoms with Crippen LogP contribution in [0.15, 0.2) is 43.0 Å². The SMILES string of the molecule is CC1CCCC(Nc2cccc(Cn3ccnc3)c2)CC1. The minimum Gasteiger partial charge on any atom is -0.382 e. The lowest BCUT2D eigenvalue weighted by atomic mass is 10.0. The van der Waals surface area contributed by atoms with Crippen molar-refractivity contribution in [1.82, 2.24) is 9.55 Å². The molecule has 3 nitrogen and oxygen atoms in total. The Bertz CT molecular complexity index is 547. The summed E-state index contributed by atoms with van der Waals surface area (Å²) >= 11 is 0. The summed E-state index contributed by atoms with van der Waals surface area (Å²) in [5.74, 6) is 0.893. The van der Waals surface area contributed by atoms with Gasteiger partial charge in [-0.25, -0.2) is 4.98 Å². The van der Waals surface area contributed by atoms with E-state index >= 15 is 0 Å². The maximum atomic E-state index is 4.10. The van der Waals surface area contributed by atoms with Crippen LogP contribution in [0.25, 0.3) is 0 Å². The topological polar surface area (TPSA) is 29.9 Å². The number of rotatable bonds is 4. The average molecular weight is 283 g/mol. The number of nitrogens with one attached hydrogen (secondary N) is 1. The zero-order chi connectivity index (χ0) is 14.5. The quantitative estimate of drug-likeness (QED) is 0.847. The highest BCUT2D eigenvalue weighted by Gasteiger charge is 2.15. The highest BCUT2D eigenvalue weighted by Crippen LogP contribution is 2.25. The van der Waals surface area contributed by atoms with Gasteiger partial charge in [0.25, 0.3) is 0 Å². The van der Waals surface area contributed by atoms with E-state index in [0.717, 1.165) is 12.5 Å². The van der Waals surface area contributed by atoms with E-state index in [-0.39, 0.29) is 0 Å². The summed E-state index contributed by atoms with van der Waals surface area (Å²) in [6, 6.07) is 9.42. The van der Waals surface area contributed by atoms with E-state index in [1.54, 1.807) is 0 Å². The Morgan fingerprint density at radius 1 is 1.24 bits per heavy atom. The zero-order valence-electron chi connectivity index (χ0n) is 12.8. The summed E-state index contributed by atoms with van der Waals surface area (Å²) in [5.41, 5.74) is 2.58. The maximum absolute atomic E-state index is 4.10. The van der Waals surface area contributed by atoms with Gasteiger partial charge in [0.2, 0.25) is 0 Å². The number of hydrogen-bond acceptors (Lipinski definition) is 2. The molecule has 1 aliphatic carbocycles. The number of imidazole rings is 1. The molecule has 0 saturated heterocycles. The van der Waals surface area contributed by atoms with Crippen LogP contribution >= 0.6 is 0 Å². The number of aromatic nitrogens is 2. The predicted molar refractivity (Wildman–Crippen MR) is 87.4 cm³/mol. The van der Waals surface area contributed by atoms with Crippen LogP contribution in [0.2, 0.25) is 0 Å². The summed E-state index contributed by atoms with van der Waals surface area (Å²) in [7, 11) is 0. The van der Waals surface area contributed by atoms with Crippen molar-refractivity contribution in [3.05, 3.63) is 48.5 Å². The van der Waals surface area contributed by atoms with Crippen LogP contribution in [0.4, 0.5) is 5.69 Å². The van der Waals surface area contributed by atoms with Crippen LogP contribution in [-0.2, 0) is 6.54 Å². The van der Waals surface area contributed by atoms with Crippen molar-refractivity contribution in [2.75, 3.05) is 5.32 Å². The average Bonchev–Trinajstić information content (AvgIpc) is 2.89. The maximum Gasteiger partial charge on any atom is 0.0949 e. The highest BCUT2D eigenvalue weighted by atomic mass is 15.0. The van der Waals surface area contributed by atoms with Crippen molar-refractivity contribution in [2.24, 2.45) is 5.92 Å². The van der Waals surface area contributed by atoms with Gasteiger partial charge in [-0.05, 0) is 42.9 Å². The first-order valence-corrected chi connectivity index (χ1v) is 8.11. The van der Waals surface area contributed by atoms with E-state index in [0.29, 0.717) is 6.04 Å². The smallest absolute Gasteiger partial charge is 0.0949 e. The molecule has 0 amide bonds. The van der Waals surface area contributed by atoms with Crippen LogP contribution in [0.1, 0.15) is 44.6 Å². The predicted octanol–water partition coefficient (Wildman–Crippen LogP) is 4.31. The van der Waals surface area contributed by atoms with E-state index in [9.17, 15) is 0 Å². The van der Waals surface area contributed by atoms with Crippen molar-refractivity contribution in [1.29, 1.82) is 0 Å². The van der Waals surface area contributed by atoms with E-state index in [1.165, 1.54) is 43.4 Å². The molecule has 3 rings (SSSR count). The number of hydrogen-bond donors (Lipinski definition) is 1. The fraction of sp³-hybridized carbons (Fsp3) is 0.500. The van der Waals surface area contributed by atoms with Crippen LogP contribution < -0.4 is 5.32 Å². The lowest BCUT2D eigenvalue weighted by Gasteiger charge is -2.18. The fourth-order valence-electron chi connectivity index (χ4n) is 3.22. The Kier molecular flexibility index (Phi) is 4.59. The van der Waals surface area contributed by atoms with Crippen molar-refractivity contribution in [3.63, 3.8) is 0 Å². The molecule has 112 valence electrons. The summed E-state index contributed by atoms with van der Waals surface area (Å²) in [5, 5.41) is 3.74. The van der Waals surface area contributed by atoms with E-state index in [2.05, 4.69) is 46.1 Å². The third-order valence-electron chi connectivity index (χ3n) is 4.48. The Labute approximate surface area is 127 Å². The molecule has 0 radical (unpaired) electrons. The Balaban J connectivity index is 1.62. The second-order valence-electron chi connectivity index (χ2n) is 6.39. The van der Waals surface area contributed by atoms with Gasteiger partial charge >= 0.3 is 0 Å². The molecule has 1 aromatic carbocycles. The van der Waals surface area contributed by atoms with Crippen molar-refractivity contribution in [3.8, 4) is 0 Å². The van der Waals surface area contributed by atoms with Gasteiger partial charge in [-0.3, -0.25) is 0 Å². The fourth-order valence-corrected chi connectivity index (χ4v) is 3.22. The second-order valence-corrected chi connectivity index (χ2v) is 6.39. The minimum atomic E-state index is 0.637. The molecule has 0 aliphatic heterocycles. The van der Waals surface area contributed by atoms with E-state index in [1.807, 2.05) is 18.7 Å². The Morgan fingerprint density at radius 3 is 3.05 bits per heavy atom. The summed E-state index contributed by atoms with van der Waals surface area (Å²) in [6.07, 6.45) is 12.4. The van der Waals surface area contributed by atoms with Gasteiger partial charge in [0.05, 0.1) is 6.33 Å². The van der Waals surface area contributed by atoms with Gasteiger partial charge in [0, 0.05) is 30.7 Å². The monoisotopic (exact) mass is 283 g/mol. The molecular formula is C18H25N3. The van der Waals surface area contributed by atoms with Crippen molar-refractivity contribution >= 4 is 5.69 Å². The highest BCUT2D eigenvalue weighted by molar-refractivity contribution is 5.46. The molecule has 2 atom stereocenters. The van der Waals surface area contributed by atoms with Gasteiger partial charge in [0.1, 0.15) is 0 Å². The third-order valence-corrected chi connectivity index (χ3v) is 4.48. The van der Waals surface area contributed by atoms with E-state index in [4.69, 9.17) is 0 Å². The molecule has 0 bridgehead atoms. The van der Waals surface area contributed by atoms with Gasteiger partial charge in [-0.15, -0.1) is 0 Å². The molecule has 1 aliphatic rings. The summed E-state index contributed by atoms with van der Waals surface area (Å²) < 4.78 is 2.10. The molecule has 1 saturated carbocycles. The molecule has 1 heterocycles. The van der Waals surface area contributed by atoms with Gasteiger partial charge in [-0.1, -0.05) is 31.9 Å². The standard InChI is InChI=1S/C18H25N3/c1-15-4-2-6-17(9-8-15)20-18-7-3-5-16(12-18)13-21-11-10-19-14-21/h3,5,7,10-12,14-15,17,20H,2,4,6,8-9,13H2,1H3. The number of anilines is 1. The molecule has 0 spiro atoms. The Morgan fingerprint density at radius 2 is 2.19 bits per heavy atom. The first-order chi connectivity index (χ1) is 10.3. The molecule has 2 aromatic rings. The molecule has 2 unspecified atom stereocenters. The zero-order valence-corrected chi connectivity index (χ0v) is 12.8. The van der Waals surface area contributed by atoms with Gasteiger partial charge < -0.3 is 9.88 Å². The number of nitrogens with zero attached hydrogens (tertiary/aromatic N) is 2. The Hall–Kier alpha value is -1.77. The normalized spacial score (nSPS) is 22.7. The van der Waals surface area contributed by atoms with Gasteiger partial charge in [-0.2, -0.15) is 0 Å². The van der Waals surface area contributed by atoms with Crippen LogP contribution in [0.3, 0.4) is 0 Å². The van der Waals surface area contributed by atoms with E-state index < -0.39 is 0 Å². The molecule has 3 heteroatoms. The molecular weight excluding hydrogens is 258 g/mol. The first kappa shape index (κ1) is 14.2. The first-order valence-electron chi connectivity index (χ1n) is 8.11. The largest absolute Gasteiger partial charge is 0.382 e. The summed E-state index contributed by atoms with van der Waals surface area (Å²) in [4.78, 5) is 4.10. The minimum absolute atomic E-state index is 0.637. The van der Waals surface area contributed by atoms with Gasteiger partial charge in [0.15, 0.2) is 0 Å². The molecule has 1 fully saturated rings. The lowest BCUT2D eigenvalue weighted by molar-refractivity contribution is 0.502. The van der Waals surface area contributed by atoms with Crippen molar-refractivity contribution < 1.29 is 0 Å². The number of benzene rings is 1. The molecule has 1 aromatic heterocycles. The third kappa shape index (κ3) is 4.10. The summed E-state index contributed by atoms with van der Waals surface area (Å²) in [6.45, 7) is 3.27. The second kappa shape index (κ2) is 6.79. The molecule has 1 N–H and O–H groups in total. The van der Waals surface area contributed by atoms with Crippen LogP contribution in [0.5, 0.6) is 0 Å². The lowest BCUT2D eigenvalue weighted by Crippen LogP contribution is -2.18. The van der Waals surface area contributed by atoms with Crippen molar-refractivity contribution in [2.45, 2.75) is 51.6 Å².